The van der Waals surface area contributed by atoms with Crippen LogP contribution in [0.5, 0.6) is 0 Å². The smallest absolute Gasteiger partial charge is 0.0556 e. The van der Waals surface area contributed by atoms with Crippen LogP contribution in [0.25, 0.3) is 0 Å². The highest BCUT2D eigenvalue weighted by Crippen LogP contribution is 2.26. The fourth-order valence-corrected chi connectivity index (χ4v) is 2.21. The molecule has 0 saturated heterocycles. The van der Waals surface area contributed by atoms with Crippen LogP contribution >= 0.6 is 0 Å². The Morgan fingerprint density at radius 3 is 2.06 bits per heavy atom. The van der Waals surface area contributed by atoms with Crippen molar-refractivity contribution < 1.29 is 0 Å². The first-order chi connectivity index (χ1) is 8.11. The second kappa shape index (κ2) is 4.72. The Hall–Kier alpha value is -1.60. The van der Waals surface area contributed by atoms with Crippen molar-refractivity contribution in [3.05, 3.63) is 70.3 Å². The molecular formula is C16H19N. The highest BCUT2D eigenvalue weighted by atomic mass is 14.6. The lowest BCUT2D eigenvalue weighted by atomic mass is 9.91. The van der Waals surface area contributed by atoms with Crippen LogP contribution in [0.15, 0.2) is 42.5 Å². The van der Waals surface area contributed by atoms with Gasteiger partial charge in [-0.25, -0.2) is 0 Å². The third-order valence-corrected chi connectivity index (χ3v) is 3.51. The minimum atomic E-state index is -0.0314. The van der Waals surface area contributed by atoms with Gasteiger partial charge >= 0.3 is 0 Å². The topological polar surface area (TPSA) is 26.0 Å². The third kappa shape index (κ3) is 2.25. The van der Waals surface area contributed by atoms with Gasteiger partial charge in [0.15, 0.2) is 0 Å². The first-order valence-electron chi connectivity index (χ1n) is 5.98. The summed E-state index contributed by atoms with van der Waals surface area (Å²) in [5.74, 6) is 0. The van der Waals surface area contributed by atoms with Gasteiger partial charge in [0.25, 0.3) is 0 Å². The van der Waals surface area contributed by atoms with Crippen molar-refractivity contribution in [2.24, 2.45) is 5.73 Å². The average Bonchev–Trinajstić information content (AvgIpc) is 2.32. The third-order valence-electron chi connectivity index (χ3n) is 3.51. The fraction of sp³-hybridized carbons (Fsp3) is 0.250. The highest BCUT2D eigenvalue weighted by molar-refractivity contribution is 5.42. The second-order valence-corrected chi connectivity index (χ2v) is 4.62. The maximum atomic E-state index is 6.39. The largest absolute Gasteiger partial charge is 0.320 e. The first-order valence-corrected chi connectivity index (χ1v) is 5.98. The van der Waals surface area contributed by atoms with Crippen molar-refractivity contribution >= 4 is 0 Å². The molecule has 0 radical (unpaired) electrons. The van der Waals surface area contributed by atoms with E-state index < -0.39 is 0 Å². The summed E-state index contributed by atoms with van der Waals surface area (Å²) >= 11 is 0. The molecule has 0 spiro atoms. The van der Waals surface area contributed by atoms with Gasteiger partial charge in [-0.1, -0.05) is 42.5 Å². The predicted octanol–water partition coefficient (Wildman–Crippen LogP) is 3.66. The Morgan fingerprint density at radius 1 is 0.765 bits per heavy atom. The van der Waals surface area contributed by atoms with Gasteiger partial charge in [0.05, 0.1) is 6.04 Å². The fourth-order valence-electron chi connectivity index (χ4n) is 2.21. The number of hydrogen-bond acceptors (Lipinski definition) is 1. The number of hydrogen-bond donors (Lipinski definition) is 1. The lowest BCUT2D eigenvalue weighted by Gasteiger charge is -2.18. The maximum absolute atomic E-state index is 6.39. The summed E-state index contributed by atoms with van der Waals surface area (Å²) < 4.78 is 0. The Labute approximate surface area is 103 Å². The van der Waals surface area contributed by atoms with E-state index in [4.69, 9.17) is 5.73 Å². The number of aryl methyl sites for hydroxylation is 2. The molecule has 2 rings (SSSR count). The zero-order valence-electron chi connectivity index (χ0n) is 10.7. The minimum Gasteiger partial charge on any atom is -0.320 e. The van der Waals surface area contributed by atoms with E-state index in [2.05, 4.69) is 57.2 Å². The molecule has 0 bridgehead atoms. The van der Waals surface area contributed by atoms with Gasteiger partial charge < -0.3 is 5.73 Å². The van der Waals surface area contributed by atoms with Crippen molar-refractivity contribution in [1.82, 2.24) is 0 Å². The Balaban J connectivity index is 2.48. The molecule has 1 nitrogen and oxygen atoms in total. The van der Waals surface area contributed by atoms with Gasteiger partial charge in [-0.05, 0) is 48.6 Å². The maximum Gasteiger partial charge on any atom is 0.0556 e. The second-order valence-electron chi connectivity index (χ2n) is 4.62. The molecule has 1 unspecified atom stereocenters. The van der Waals surface area contributed by atoms with Gasteiger partial charge in [0.2, 0.25) is 0 Å². The predicted molar refractivity (Wildman–Crippen MR) is 73.1 cm³/mol. The highest BCUT2D eigenvalue weighted by Gasteiger charge is 2.13. The lowest BCUT2D eigenvalue weighted by Crippen LogP contribution is -2.14. The SMILES string of the molecule is Cc1ccccc1C(N)c1cccc(C)c1C. The molecule has 88 valence electrons. The lowest BCUT2D eigenvalue weighted by molar-refractivity contribution is 0.850. The molecule has 1 atom stereocenters. The van der Waals surface area contributed by atoms with Gasteiger partial charge in [-0.3, -0.25) is 0 Å². The molecule has 2 aromatic carbocycles. The van der Waals surface area contributed by atoms with Gasteiger partial charge in [0.1, 0.15) is 0 Å². The van der Waals surface area contributed by atoms with Crippen LogP contribution < -0.4 is 5.73 Å². The van der Waals surface area contributed by atoms with Gasteiger partial charge in [0, 0.05) is 0 Å². The van der Waals surface area contributed by atoms with Crippen LogP contribution in [0, 0.1) is 20.8 Å². The quantitative estimate of drug-likeness (QED) is 0.829. The summed E-state index contributed by atoms with van der Waals surface area (Å²) in [6, 6.07) is 14.6. The van der Waals surface area contributed by atoms with E-state index in [-0.39, 0.29) is 6.04 Å². The Bertz CT molecular complexity index is 529. The van der Waals surface area contributed by atoms with E-state index in [1.807, 2.05) is 6.07 Å². The monoisotopic (exact) mass is 225 g/mol. The van der Waals surface area contributed by atoms with E-state index in [0.29, 0.717) is 0 Å². The van der Waals surface area contributed by atoms with Gasteiger partial charge in [-0.2, -0.15) is 0 Å². The summed E-state index contributed by atoms with van der Waals surface area (Å²) in [6.45, 7) is 6.38. The normalized spacial score (nSPS) is 12.5. The zero-order chi connectivity index (χ0) is 12.4. The molecule has 0 fully saturated rings. The molecule has 0 aliphatic rings. The molecule has 1 heteroatoms. The van der Waals surface area contributed by atoms with Crippen LogP contribution in [-0.4, -0.2) is 0 Å². The van der Waals surface area contributed by atoms with Crippen LogP contribution in [0.2, 0.25) is 0 Å². The first kappa shape index (κ1) is 11.9. The van der Waals surface area contributed by atoms with E-state index >= 15 is 0 Å². The van der Waals surface area contributed by atoms with Crippen molar-refractivity contribution in [3.63, 3.8) is 0 Å². The summed E-state index contributed by atoms with van der Waals surface area (Å²) in [6.07, 6.45) is 0. The average molecular weight is 225 g/mol. The van der Waals surface area contributed by atoms with Gasteiger partial charge in [-0.15, -0.1) is 0 Å². The van der Waals surface area contributed by atoms with Crippen molar-refractivity contribution in [2.45, 2.75) is 26.8 Å². The Morgan fingerprint density at radius 2 is 1.35 bits per heavy atom. The molecule has 2 aromatic rings. The molecule has 17 heavy (non-hydrogen) atoms. The van der Waals surface area contributed by atoms with E-state index in [1.165, 1.54) is 27.8 Å². The summed E-state index contributed by atoms with van der Waals surface area (Å²) in [7, 11) is 0. The minimum absolute atomic E-state index is 0.0314. The standard InChI is InChI=1S/C16H19N/c1-11-8-6-10-15(13(11)3)16(17)14-9-5-4-7-12(14)2/h4-10,16H,17H2,1-3H3. The van der Waals surface area contributed by atoms with Crippen molar-refractivity contribution in [3.8, 4) is 0 Å². The number of rotatable bonds is 2. The summed E-state index contributed by atoms with van der Waals surface area (Å²) in [5, 5.41) is 0. The summed E-state index contributed by atoms with van der Waals surface area (Å²) in [4.78, 5) is 0. The van der Waals surface area contributed by atoms with E-state index in [0.717, 1.165) is 0 Å². The molecule has 0 aromatic heterocycles. The molecule has 0 saturated carbocycles. The molecule has 0 aliphatic heterocycles. The van der Waals surface area contributed by atoms with E-state index in [1.54, 1.807) is 0 Å². The van der Waals surface area contributed by atoms with Crippen LogP contribution in [0.3, 0.4) is 0 Å². The van der Waals surface area contributed by atoms with Crippen LogP contribution in [-0.2, 0) is 0 Å². The van der Waals surface area contributed by atoms with E-state index in [9.17, 15) is 0 Å². The molecule has 0 amide bonds. The number of benzene rings is 2. The molecular weight excluding hydrogens is 206 g/mol. The Kier molecular flexibility index (Phi) is 3.30. The summed E-state index contributed by atoms with van der Waals surface area (Å²) in [5.41, 5.74) is 12.7. The number of nitrogens with two attached hydrogens (primary N) is 1. The van der Waals surface area contributed by atoms with Crippen LogP contribution in [0.1, 0.15) is 33.9 Å². The molecule has 2 N–H and O–H groups in total. The van der Waals surface area contributed by atoms with Crippen molar-refractivity contribution in [1.29, 1.82) is 0 Å². The zero-order valence-corrected chi connectivity index (χ0v) is 10.7. The molecule has 0 heterocycles. The van der Waals surface area contributed by atoms with Crippen molar-refractivity contribution in [2.75, 3.05) is 0 Å². The molecule has 0 aliphatic carbocycles. The van der Waals surface area contributed by atoms with Crippen LogP contribution in [0.4, 0.5) is 0 Å².